The number of nitrogens with zero attached hydrogens (tertiary/aromatic N) is 1. The lowest BCUT2D eigenvalue weighted by Crippen LogP contribution is -2.32. The van der Waals surface area contributed by atoms with Crippen molar-refractivity contribution in [3.8, 4) is 0 Å². The zero-order chi connectivity index (χ0) is 19.4. The smallest absolute Gasteiger partial charge is 0.255 e. The minimum atomic E-state index is -3.64. The minimum Gasteiger partial charge on any atom is -0.322 e. The van der Waals surface area contributed by atoms with Crippen molar-refractivity contribution in [1.29, 1.82) is 0 Å². The second-order valence-electron chi connectivity index (χ2n) is 6.76. The molecule has 144 valence electrons. The Balaban J connectivity index is 1.88. The number of halogens is 1. The molecule has 1 heterocycles. The Morgan fingerprint density at radius 2 is 1.74 bits per heavy atom. The molecule has 0 aromatic heterocycles. The van der Waals surface area contributed by atoms with Crippen LogP contribution in [0.4, 0.5) is 10.1 Å². The van der Waals surface area contributed by atoms with Gasteiger partial charge in [-0.15, -0.1) is 0 Å². The van der Waals surface area contributed by atoms with E-state index >= 15 is 0 Å². The normalized spacial score (nSPS) is 15.9. The quantitative estimate of drug-likeness (QED) is 0.860. The Morgan fingerprint density at radius 3 is 2.41 bits per heavy atom. The van der Waals surface area contributed by atoms with Crippen LogP contribution in [0.3, 0.4) is 0 Å². The molecule has 1 aliphatic rings. The second kappa shape index (κ2) is 8.19. The topological polar surface area (TPSA) is 66.5 Å². The summed E-state index contributed by atoms with van der Waals surface area (Å²) in [7, 11) is -3.64. The van der Waals surface area contributed by atoms with Gasteiger partial charge in [0.15, 0.2) is 0 Å². The fourth-order valence-electron chi connectivity index (χ4n) is 3.20. The van der Waals surface area contributed by atoms with E-state index in [2.05, 4.69) is 5.32 Å². The highest BCUT2D eigenvalue weighted by Gasteiger charge is 2.26. The standard InChI is InChI=1S/C20H23FN2O3S/c1-15-9-10-18(27(25,26)23-11-4-2-3-5-12-23)14-19(15)20(24)22-17-8-6-7-16(21)13-17/h6-10,13-14H,2-5,11-12H2,1H3,(H,22,24). The van der Waals surface area contributed by atoms with Crippen molar-refractivity contribution in [2.75, 3.05) is 18.4 Å². The molecule has 7 heteroatoms. The Labute approximate surface area is 159 Å². The van der Waals surface area contributed by atoms with Crippen molar-refractivity contribution in [3.63, 3.8) is 0 Å². The number of hydrogen-bond donors (Lipinski definition) is 1. The summed E-state index contributed by atoms with van der Waals surface area (Å²) in [5.74, 6) is -0.923. The summed E-state index contributed by atoms with van der Waals surface area (Å²) in [5, 5.41) is 2.62. The van der Waals surface area contributed by atoms with Gasteiger partial charge < -0.3 is 5.32 Å². The van der Waals surface area contributed by atoms with Gasteiger partial charge in [0.1, 0.15) is 5.82 Å². The predicted octanol–water partition coefficient (Wildman–Crippen LogP) is 3.95. The third kappa shape index (κ3) is 4.54. The van der Waals surface area contributed by atoms with Gasteiger partial charge in [-0.2, -0.15) is 4.31 Å². The molecule has 27 heavy (non-hydrogen) atoms. The van der Waals surface area contributed by atoms with Gasteiger partial charge in [0.05, 0.1) is 4.90 Å². The highest BCUT2D eigenvalue weighted by molar-refractivity contribution is 7.89. The van der Waals surface area contributed by atoms with E-state index in [4.69, 9.17) is 0 Å². The molecular weight excluding hydrogens is 367 g/mol. The van der Waals surface area contributed by atoms with E-state index in [0.717, 1.165) is 25.7 Å². The van der Waals surface area contributed by atoms with Crippen LogP contribution in [0.5, 0.6) is 0 Å². The summed E-state index contributed by atoms with van der Waals surface area (Å²) in [6.07, 6.45) is 3.75. The number of sulfonamides is 1. The lowest BCUT2D eigenvalue weighted by Gasteiger charge is -2.20. The maximum absolute atomic E-state index is 13.3. The zero-order valence-corrected chi connectivity index (χ0v) is 16.1. The molecule has 1 N–H and O–H groups in total. The molecule has 0 spiro atoms. The number of aryl methyl sites for hydroxylation is 1. The number of nitrogens with one attached hydrogen (secondary N) is 1. The molecule has 1 aliphatic heterocycles. The average Bonchev–Trinajstić information content (AvgIpc) is 2.92. The number of amides is 1. The fourth-order valence-corrected chi connectivity index (χ4v) is 4.75. The van der Waals surface area contributed by atoms with Gasteiger partial charge in [-0.1, -0.05) is 25.0 Å². The number of benzene rings is 2. The van der Waals surface area contributed by atoms with Gasteiger partial charge >= 0.3 is 0 Å². The molecule has 0 bridgehead atoms. The van der Waals surface area contributed by atoms with Crippen molar-refractivity contribution in [2.24, 2.45) is 0 Å². The maximum atomic E-state index is 13.3. The molecule has 1 amide bonds. The lowest BCUT2D eigenvalue weighted by atomic mass is 10.1. The van der Waals surface area contributed by atoms with Gasteiger partial charge in [0, 0.05) is 24.3 Å². The van der Waals surface area contributed by atoms with Crippen molar-refractivity contribution < 1.29 is 17.6 Å². The molecule has 2 aromatic carbocycles. The molecule has 3 rings (SSSR count). The van der Waals surface area contributed by atoms with Crippen LogP contribution in [-0.2, 0) is 10.0 Å². The van der Waals surface area contributed by atoms with Crippen molar-refractivity contribution in [3.05, 3.63) is 59.4 Å². The summed E-state index contributed by atoms with van der Waals surface area (Å²) in [6.45, 7) is 2.74. The first-order chi connectivity index (χ1) is 12.9. The summed E-state index contributed by atoms with van der Waals surface area (Å²) in [6, 6.07) is 10.1. The minimum absolute atomic E-state index is 0.111. The molecule has 1 saturated heterocycles. The Bertz CT molecular complexity index is 936. The number of carbonyl (C=O) groups excluding carboxylic acids is 1. The van der Waals surface area contributed by atoms with Crippen molar-refractivity contribution in [2.45, 2.75) is 37.5 Å². The van der Waals surface area contributed by atoms with Crippen LogP contribution in [-0.4, -0.2) is 31.7 Å². The number of anilines is 1. The summed E-state index contributed by atoms with van der Waals surface area (Å²) >= 11 is 0. The predicted molar refractivity (Wildman–Crippen MR) is 103 cm³/mol. The van der Waals surface area contributed by atoms with Crippen LogP contribution >= 0.6 is 0 Å². The van der Waals surface area contributed by atoms with Gasteiger partial charge in [0.25, 0.3) is 5.91 Å². The van der Waals surface area contributed by atoms with E-state index in [1.54, 1.807) is 19.1 Å². The molecule has 1 fully saturated rings. The van der Waals surface area contributed by atoms with E-state index in [1.165, 1.54) is 34.6 Å². The van der Waals surface area contributed by atoms with Crippen LogP contribution in [0.2, 0.25) is 0 Å². The monoisotopic (exact) mass is 390 g/mol. The van der Waals surface area contributed by atoms with Crippen LogP contribution < -0.4 is 5.32 Å². The number of hydrogen-bond acceptors (Lipinski definition) is 3. The largest absolute Gasteiger partial charge is 0.322 e. The summed E-state index contributed by atoms with van der Waals surface area (Å²) in [4.78, 5) is 12.7. The van der Waals surface area contributed by atoms with E-state index in [-0.39, 0.29) is 10.5 Å². The van der Waals surface area contributed by atoms with Gasteiger partial charge in [0.2, 0.25) is 10.0 Å². The second-order valence-corrected chi connectivity index (χ2v) is 8.70. The van der Waals surface area contributed by atoms with E-state index in [0.29, 0.717) is 24.3 Å². The maximum Gasteiger partial charge on any atom is 0.255 e. The van der Waals surface area contributed by atoms with E-state index in [1.807, 2.05) is 0 Å². The molecule has 0 aliphatic carbocycles. The lowest BCUT2D eigenvalue weighted by molar-refractivity contribution is 0.102. The molecule has 0 saturated carbocycles. The van der Waals surface area contributed by atoms with Crippen molar-refractivity contribution in [1.82, 2.24) is 4.31 Å². The highest BCUT2D eigenvalue weighted by Crippen LogP contribution is 2.23. The van der Waals surface area contributed by atoms with Crippen LogP contribution in [0.1, 0.15) is 41.6 Å². The summed E-state index contributed by atoms with van der Waals surface area (Å²) < 4.78 is 40.8. The molecule has 0 radical (unpaired) electrons. The fraction of sp³-hybridized carbons (Fsp3) is 0.350. The van der Waals surface area contributed by atoms with Gasteiger partial charge in [-0.3, -0.25) is 4.79 Å². The van der Waals surface area contributed by atoms with Gasteiger partial charge in [-0.05, 0) is 55.7 Å². The van der Waals surface area contributed by atoms with Crippen LogP contribution in [0, 0.1) is 12.7 Å². The summed E-state index contributed by atoms with van der Waals surface area (Å²) in [5.41, 5.74) is 1.23. The molecule has 0 unspecified atom stereocenters. The third-order valence-corrected chi connectivity index (χ3v) is 6.63. The molecule has 5 nitrogen and oxygen atoms in total. The first-order valence-corrected chi connectivity index (χ1v) is 10.5. The highest BCUT2D eigenvalue weighted by atomic mass is 32.2. The van der Waals surface area contributed by atoms with Gasteiger partial charge in [-0.25, -0.2) is 12.8 Å². The molecule has 0 atom stereocenters. The zero-order valence-electron chi connectivity index (χ0n) is 15.2. The molecule has 2 aromatic rings. The first-order valence-electron chi connectivity index (χ1n) is 9.05. The SMILES string of the molecule is Cc1ccc(S(=O)(=O)N2CCCCCC2)cc1C(=O)Nc1cccc(F)c1. The van der Waals surface area contributed by atoms with Crippen LogP contribution in [0.15, 0.2) is 47.4 Å². The Morgan fingerprint density at radius 1 is 1.04 bits per heavy atom. The Kier molecular flexibility index (Phi) is 5.92. The Hall–Kier alpha value is -2.25. The van der Waals surface area contributed by atoms with Crippen molar-refractivity contribution >= 4 is 21.6 Å². The first kappa shape index (κ1) is 19.5. The average molecular weight is 390 g/mol. The van der Waals surface area contributed by atoms with Crippen LogP contribution in [0.25, 0.3) is 0 Å². The number of rotatable bonds is 4. The van der Waals surface area contributed by atoms with E-state index in [9.17, 15) is 17.6 Å². The molecular formula is C20H23FN2O3S. The number of carbonyl (C=O) groups is 1. The van der Waals surface area contributed by atoms with E-state index < -0.39 is 21.7 Å². The third-order valence-electron chi connectivity index (χ3n) is 4.74.